The normalized spacial score (nSPS) is 14.0. The van der Waals surface area contributed by atoms with Gasteiger partial charge in [-0.25, -0.2) is 4.79 Å². The van der Waals surface area contributed by atoms with E-state index in [4.69, 9.17) is 9.84 Å². The van der Waals surface area contributed by atoms with Crippen molar-refractivity contribution in [2.24, 2.45) is 5.41 Å². The molecule has 4 nitrogen and oxygen atoms in total. The zero-order valence-electron chi connectivity index (χ0n) is 13.6. The number of hydrogen-bond donors (Lipinski definition) is 2. The molecule has 2 N–H and O–H groups in total. The quantitative estimate of drug-likeness (QED) is 0.732. The fraction of sp³-hybridized carbons (Fsp3) is 0.500. The predicted octanol–water partition coefficient (Wildman–Crippen LogP) is 4.85. The number of rotatable bonds is 8. The lowest BCUT2D eigenvalue weighted by atomic mass is 9.83. The molecule has 1 aromatic carbocycles. The van der Waals surface area contributed by atoms with Crippen LogP contribution in [0.1, 0.15) is 56.9 Å². The molecule has 1 heterocycles. The molecular weight excluding hydrogens is 278 g/mol. The van der Waals surface area contributed by atoms with Crippen LogP contribution in [-0.4, -0.2) is 22.7 Å². The van der Waals surface area contributed by atoms with E-state index in [2.05, 4.69) is 25.8 Å². The molecule has 22 heavy (non-hydrogen) atoms. The lowest BCUT2D eigenvalue weighted by Crippen LogP contribution is -2.24. The maximum Gasteiger partial charge on any atom is 0.352 e. The number of carbonyl (C=O) groups is 1. The van der Waals surface area contributed by atoms with Crippen molar-refractivity contribution in [3.05, 3.63) is 30.0 Å². The molecule has 0 radical (unpaired) electrons. The van der Waals surface area contributed by atoms with Gasteiger partial charge in [0.1, 0.15) is 11.4 Å². The summed E-state index contributed by atoms with van der Waals surface area (Å²) in [4.78, 5) is 13.9. The van der Waals surface area contributed by atoms with E-state index in [0.29, 0.717) is 6.61 Å². The van der Waals surface area contributed by atoms with Crippen molar-refractivity contribution in [3.8, 4) is 5.75 Å². The highest BCUT2D eigenvalue weighted by molar-refractivity contribution is 5.94. The van der Waals surface area contributed by atoms with Crippen molar-refractivity contribution in [2.45, 2.75) is 46.5 Å². The van der Waals surface area contributed by atoms with Gasteiger partial charge in [0.25, 0.3) is 0 Å². The maximum absolute atomic E-state index is 11.0. The molecule has 0 saturated carbocycles. The minimum absolute atomic E-state index is 0.190. The minimum Gasteiger partial charge on any atom is -0.493 e. The zero-order valence-corrected chi connectivity index (χ0v) is 13.6. The van der Waals surface area contributed by atoms with E-state index >= 15 is 0 Å². The molecule has 0 amide bonds. The van der Waals surface area contributed by atoms with Crippen LogP contribution in [0.2, 0.25) is 0 Å². The summed E-state index contributed by atoms with van der Waals surface area (Å²) in [6, 6.07) is 7.29. The highest BCUT2D eigenvalue weighted by Crippen LogP contribution is 2.30. The summed E-state index contributed by atoms with van der Waals surface area (Å²) in [5.41, 5.74) is 1.21. The molecule has 0 aliphatic rings. The number of H-pyrrole nitrogens is 1. The molecule has 0 fully saturated rings. The first kappa shape index (κ1) is 16.4. The molecular formula is C18H25NO3. The first-order valence-corrected chi connectivity index (χ1v) is 7.96. The summed E-state index contributed by atoms with van der Waals surface area (Å²) in [6.45, 7) is 7.36. The Morgan fingerprint density at radius 1 is 1.32 bits per heavy atom. The van der Waals surface area contributed by atoms with Crippen molar-refractivity contribution in [1.29, 1.82) is 0 Å². The number of unbranched alkanes of at least 4 members (excludes halogenated alkanes) is 1. The molecule has 1 unspecified atom stereocenters. The Kier molecular flexibility index (Phi) is 5.11. The number of carboxylic acids is 1. The molecule has 0 saturated heterocycles. The van der Waals surface area contributed by atoms with E-state index in [1.54, 1.807) is 6.07 Å². The lowest BCUT2D eigenvalue weighted by molar-refractivity contribution is 0.0691. The topological polar surface area (TPSA) is 62.3 Å². The van der Waals surface area contributed by atoms with E-state index in [-0.39, 0.29) is 11.1 Å². The van der Waals surface area contributed by atoms with Gasteiger partial charge in [0.15, 0.2) is 0 Å². The number of carboxylic acid groups (broad SMARTS) is 1. The second-order valence-corrected chi connectivity index (χ2v) is 6.29. The van der Waals surface area contributed by atoms with Crippen LogP contribution in [0.4, 0.5) is 0 Å². The standard InChI is InChI=1S/C18H25NO3/c1-4-6-9-18(3,5-2)12-22-14-7-8-15-13(10-14)11-16(19-15)17(20)21/h7-8,10-11,19H,4-6,9,12H2,1-3H3,(H,20,21). The average molecular weight is 303 g/mol. The van der Waals surface area contributed by atoms with E-state index < -0.39 is 5.97 Å². The summed E-state index contributed by atoms with van der Waals surface area (Å²) in [6.07, 6.45) is 4.66. The van der Waals surface area contributed by atoms with Gasteiger partial charge >= 0.3 is 5.97 Å². The number of fused-ring (bicyclic) bond motifs is 1. The zero-order chi connectivity index (χ0) is 16.2. The van der Waals surface area contributed by atoms with Crippen molar-refractivity contribution in [3.63, 3.8) is 0 Å². The molecule has 2 rings (SSSR count). The second-order valence-electron chi connectivity index (χ2n) is 6.29. The number of ether oxygens (including phenoxy) is 1. The molecule has 0 aliphatic carbocycles. The van der Waals surface area contributed by atoms with E-state index in [0.717, 1.165) is 29.5 Å². The van der Waals surface area contributed by atoms with Crippen LogP contribution in [0.25, 0.3) is 10.9 Å². The van der Waals surface area contributed by atoms with Crippen LogP contribution in [0.15, 0.2) is 24.3 Å². The van der Waals surface area contributed by atoms with Crippen molar-refractivity contribution in [2.75, 3.05) is 6.61 Å². The highest BCUT2D eigenvalue weighted by atomic mass is 16.5. The Morgan fingerprint density at radius 3 is 2.73 bits per heavy atom. The van der Waals surface area contributed by atoms with Gasteiger partial charge in [-0.1, -0.05) is 33.6 Å². The molecule has 1 aromatic heterocycles. The summed E-state index contributed by atoms with van der Waals surface area (Å²) in [5.74, 6) is -0.156. The van der Waals surface area contributed by atoms with E-state index in [1.807, 2.05) is 18.2 Å². The second kappa shape index (κ2) is 6.86. The van der Waals surface area contributed by atoms with Crippen LogP contribution in [0.5, 0.6) is 5.75 Å². The first-order valence-electron chi connectivity index (χ1n) is 7.96. The van der Waals surface area contributed by atoms with Crippen molar-refractivity contribution >= 4 is 16.9 Å². The van der Waals surface area contributed by atoms with Gasteiger partial charge in [-0.05, 0) is 37.1 Å². The van der Waals surface area contributed by atoms with Gasteiger partial charge in [0, 0.05) is 16.3 Å². The van der Waals surface area contributed by atoms with Crippen LogP contribution in [0, 0.1) is 5.41 Å². The van der Waals surface area contributed by atoms with Crippen molar-refractivity contribution < 1.29 is 14.6 Å². The predicted molar refractivity (Wildman–Crippen MR) is 88.7 cm³/mol. The molecule has 0 aliphatic heterocycles. The fourth-order valence-electron chi connectivity index (χ4n) is 2.53. The third-order valence-electron chi connectivity index (χ3n) is 4.40. The summed E-state index contributed by atoms with van der Waals surface area (Å²) >= 11 is 0. The van der Waals surface area contributed by atoms with Gasteiger partial charge in [-0.15, -0.1) is 0 Å². The molecule has 4 heteroatoms. The highest BCUT2D eigenvalue weighted by Gasteiger charge is 2.22. The Balaban J connectivity index is 2.09. The third kappa shape index (κ3) is 3.81. The number of nitrogens with one attached hydrogen (secondary N) is 1. The Labute approximate surface area is 131 Å². The third-order valence-corrected chi connectivity index (χ3v) is 4.40. The van der Waals surface area contributed by atoms with Crippen molar-refractivity contribution in [1.82, 2.24) is 4.98 Å². The molecule has 0 spiro atoms. The van der Waals surface area contributed by atoms with Gasteiger partial charge in [-0.3, -0.25) is 0 Å². The first-order chi connectivity index (χ1) is 10.5. The molecule has 1 atom stereocenters. The summed E-state index contributed by atoms with van der Waals surface area (Å²) in [5, 5.41) is 9.88. The van der Waals surface area contributed by atoms with Crippen LogP contribution in [-0.2, 0) is 0 Å². The van der Waals surface area contributed by atoms with Crippen LogP contribution >= 0.6 is 0 Å². The van der Waals surface area contributed by atoms with Gasteiger partial charge in [0.2, 0.25) is 0 Å². The maximum atomic E-state index is 11.0. The summed E-state index contributed by atoms with van der Waals surface area (Å²) < 4.78 is 5.98. The summed E-state index contributed by atoms with van der Waals surface area (Å²) in [7, 11) is 0. The molecule has 120 valence electrons. The number of aromatic amines is 1. The SMILES string of the molecule is CCCCC(C)(CC)COc1ccc2[nH]c(C(=O)O)cc2c1. The van der Waals surface area contributed by atoms with Gasteiger partial charge < -0.3 is 14.8 Å². The van der Waals surface area contributed by atoms with Gasteiger partial charge in [0.05, 0.1) is 6.61 Å². The van der Waals surface area contributed by atoms with Crippen LogP contribution < -0.4 is 4.74 Å². The Hall–Kier alpha value is -1.97. The van der Waals surface area contributed by atoms with Crippen LogP contribution in [0.3, 0.4) is 0 Å². The van der Waals surface area contributed by atoms with E-state index in [9.17, 15) is 4.79 Å². The number of hydrogen-bond acceptors (Lipinski definition) is 2. The van der Waals surface area contributed by atoms with E-state index in [1.165, 1.54) is 12.8 Å². The lowest BCUT2D eigenvalue weighted by Gasteiger charge is -2.28. The number of aromatic carboxylic acids is 1. The Bertz CT molecular complexity index is 647. The number of benzene rings is 1. The fourth-order valence-corrected chi connectivity index (χ4v) is 2.53. The monoisotopic (exact) mass is 303 g/mol. The Morgan fingerprint density at radius 2 is 2.09 bits per heavy atom. The average Bonchev–Trinajstić information content (AvgIpc) is 2.94. The van der Waals surface area contributed by atoms with Gasteiger partial charge in [-0.2, -0.15) is 0 Å². The minimum atomic E-state index is -0.947. The number of aromatic nitrogens is 1. The molecule has 2 aromatic rings. The molecule has 0 bridgehead atoms. The largest absolute Gasteiger partial charge is 0.493 e. The smallest absolute Gasteiger partial charge is 0.352 e.